The molecule has 132 valence electrons. The number of carbonyl (C=O) groups excluding carboxylic acids is 2. The summed E-state index contributed by atoms with van der Waals surface area (Å²) in [5.41, 5.74) is 0.869. The maximum atomic E-state index is 12.7. The van der Waals surface area contributed by atoms with Gasteiger partial charge in [0.05, 0.1) is 12.2 Å². The summed E-state index contributed by atoms with van der Waals surface area (Å²) < 4.78 is 1.83. The SMILES string of the molecule is CCC(C(=O)NCCN1CCCC1)N1C(=O)CCn2nc(C)cc21. The molecule has 1 unspecified atom stereocenters. The number of fused-ring (bicyclic) bond motifs is 1. The van der Waals surface area contributed by atoms with E-state index < -0.39 is 6.04 Å². The van der Waals surface area contributed by atoms with Gasteiger partial charge in [0.1, 0.15) is 11.9 Å². The molecule has 0 radical (unpaired) electrons. The Morgan fingerprint density at radius 1 is 1.33 bits per heavy atom. The van der Waals surface area contributed by atoms with E-state index in [4.69, 9.17) is 0 Å². The Bertz CT molecular complexity index is 606. The van der Waals surface area contributed by atoms with Crippen LogP contribution >= 0.6 is 0 Å². The first-order valence-corrected chi connectivity index (χ1v) is 8.96. The summed E-state index contributed by atoms with van der Waals surface area (Å²) in [6.07, 6.45) is 3.48. The van der Waals surface area contributed by atoms with Crippen LogP contribution in [0.5, 0.6) is 0 Å². The largest absolute Gasteiger partial charge is 0.353 e. The van der Waals surface area contributed by atoms with Gasteiger partial charge in [0.15, 0.2) is 0 Å². The van der Waals surface area contributed by atoms with Crippen LogP contribution < -0.4 is 10.2 Å². The first-order chi connectivity index (χ1) is 11.6. The zero-order valence-corrected chi connectivity index (χ0v) is 14.6. The number of carbonyl (C=O) groups is 2. The highest BCUT2D eigenvalue weighted by Gasteiger charge is 2.34. The van der Waals surface area contributed by atoms with Crippen molar-refractivity contribution in [2.75, 3.05) is 31.1 Å². The van der Waals surface area contributed by atoms with E-state index in [2.05, 4.69) is 15.3 Å². The van der Waals surface area contributed by atoms with Crippen LogP contribution in [-0.4, -0.2) is 58.7 Å². The van der Waals surface area contributed by atoms with E-state index in [-0.39, 0.29) is 11.8 Å². The molecular formula is C17H27N5O2. The Kier molecular flexibility index (Phi) is 5.18. The molecule has 0 spiro atoms. The van der Waals surface area contributed by atoms with Crippen molar-refractivity contribution in [2.45, 2.75) is 52.1 Å². The number of hydrogen-bond acceptors (Lipinski definition) is 4. The van der Waals surface area contributed by atoms with Crippen LogP contribution in [0.1, 0.15) is 38.3 Å². The van der Waals surface area contributed by atoms with E-state index in [1.54, 1.807) is 4.90 Å². The Labute approximate surface area is 143 Å². The van der Waals surface area contributed by atoms with E-state index in [1.807, 2.05) is 24.6 Å². The number of likely N-dealkylation sites (tertiary alicyclic amines) is 1. The van der Waals surface area contributed by atoms with Gasteiger partial charge in [0.2, 0.25) is 11.8 Å². The van der Waals surface area contributed by atoms with E-state index in [9.17, 15) is 9.59 Å². The molecule has 0 aliphatic carbocycles. The van der Waals surface area contributed by atoms with Crippen molar-refractivity contribution in [2.24, 2.45) is 0 Å². The highest BCUT2D eigenvalue weighted by atomic mass is 16.2. The molecule has 1 N–H and O–H groups in total. The van der Waals surface area contributed by atoms with Crippen molar-refractivity contribution < 1.29 is 9.59 Å². The van der Waals surface area contributed by atoms with Crippen LogP contribution in [0, 0.1) is 6.92 Å². The monoisotopic (exact) mass is 333 g/mol. The van der Waals surface area contributed by atoms with E-state index in [0.717, 1.165) is 31.1 Å². The van der Waals surface area contributed by atoms with Gasteiger partial charge < -0.3 is 10.2 Å². The molecule has 1 aromatic heterocycles. The molecule has 7 heteroatoms. The van der Waals surface area contributed by atoms with Gasteiger partial charge in [-0.1, -0.05) is 6.92 Å². The lowest BCUT2D eigenvalue weighted by molar-refractivity contribution is -0.127. The predicted molar refractivity (Wildman–Crippen MR) is 91.8 cm³/mol. The van der Waals surface area contributed by atoms with Gasteiger partial charge in [-0.3, -0.25) is 14.5 Å². The average Bonchev–Trinajstić information content (AvgIpc) is 3.19. The number of aromatic nitrogens is 2. The fourth-order valence-corrected chi connectivity index (χ4v) is 3.62. The predicted octanol–water partition coefficient (Wildman–Crippen LogP) is 0.919. The summed E-state index contributed by atoms with van der Waals surface area (Å²) >= 11 is 0. The smallest absolute Gasteiger partial charge is 0.243 e. The third-order valence-corrected chi connectivity index (χ3v) is 4.86. The Balaban J connectivity index is 1.65. The molecule has 3 heterocycles. The molecule has 24 heavy (non-hydrogen) atoms. The van der Waals surface area contributed by atoms with Crippen LogP contribution in [0.25, 0.3) is 0 Å². The first kappa shape index (κ1) is 17.0. The molecule has 2 aliphatic heterocycles. The lowest BCUT2D eigenvalue weighted by Gasteiger charge is -2.33. The van der Waals surface area contributed by atoms with Crippen LogP contribution in [0.2, 0.25) is 0 Å². The summed E-state index contributed by atoms with van der Waals surface area (Å²) in [6.45, 7) is 8.20. The molecule has 1 fully saturated rings. The summed E-state index contributed by atoms with van der Waals surface area (Å²) in [5.74, 6) is 0.673. The van der Waals surface area contributed by atoms with E-state index in [0.29, 0.717) is 25.9 Å². The quantitative estimate of drug-likeness (QED) is 0.840. The van der Waals surface area contributed by atoms with Crippen LogP contribution in [0.3, 0.4) is 0 Å². The lowest BCUT2D eigenvalue weighted by Crippen LogP contribution is -2.52. The van der Waals surface area contributed by atoms with Gasteiger partial charge in [-0.2, -0.15) is 5.10 Å². The highest BCUT2D eigenvalue weighted by molar-refractivity contribution is 6.00. The second kappa shape index (κ2) is 7.34. The van der Waals surface area contributed by atoms with Gasteiger partial charge in [0, 0.05) is 25.6 Å². The normalized spacial score (nSPS) is 19.4. The second-order valence-corrected chi connectivity index (χ2v) is 6.64. The first-order valence-electron chi connectivity index (χ1n) is 8.96. The summed E-state index contributed by atoms with van der Waals surface area (Å²) in [6, 6.07) is 1.42. The number of amides is 2. The maximum Gasteiger partial charge on any atom is 0.243 e. The van der Waals surface area contributed by atoms with Gasteiger partial charge >= 0.3 is 0 Å². The summed E-state index contributed by atoms with van der Waals surface area (Å²) in [5, 5.41) is 7.42. The standard InChI is InChI=1S/C17H27N5O2/c1-3-14(17(24)18-7-11-20-8-4-5-9-20)22-15-12-13(2)19-21(15)10-6-16(22)23/h12,14H,3-11H2,1-2H3,(H,18,24). The van der Waals surface area contributed by atoms with Crippen molar-refractivity contribution in [1.82, 2.24) is 20.0 Å². The molecule has 3 rings (SSSR count). The molecular weight excluding hydrogens is 306 g/mol. The van der Waals surface area contributed by atoms with Gasteiger partial charge in [-0.15, -0.1) is 0 Å². The van der Waals surface area contributed by atoms with Crippen molar-refractivity contribution in [1.29, 1.82) is 0 Å². The van der Waals surface area contributed by atoms with Gasteiger partial charge in [-0.25, -0.2) is 4.68 Å². The summed E-state index contributed by atoms with van der Waals surface area (Å²) in [7, 11) is 0. The number of aryl methyl sites for hydroxylation is 2. The number of anilines is 1. The minimum absolute atomic E-state index is 0.00365. The van der Waals surface area contributed by atoms with Gasteiger partial charge in [0.25, 0.3) is 0 Å². The molecule has 0 saturated carbocycles. The van der Waals surface area contributed by atoms with Crippen LogP contribution in [0.4, 0.5) is 5.82 Å². The zero-order chi connectivity index (χ0) is 17.1. The lowest BCUT2D eigenvalue weighted by atomic mass is 10.1. The van der Waals surface area contributed by atoms with Crippen LogP contribution in [-0.2, 0) is 16.1 Å². The van der Waals surface area contributed by atoms with Crippen molar-refractivity contribution in [3.8, 4) is 0 Å². The maximum absolute atomic E-state index is 12.7. The van der Waals surface area contributed by atoms with E-state index >= 15 is 0 Å². The molecule has 2 amide bonds. The minimum atomic E-state index is -0.466. The molecule has 2 aliphatic rings. The van der Waals surface area contributed by atoms with Crippen molar-refractivity contribution >= 4 is 17.6 Å². The molecule has 1 aromatic rings. The average molecular weight is 333 g/mol. The molecule has 1 atom stereocenters. The molecule has 1 saturated heterocycles. The number of nitrogens with zero attached hydrogens (tertiary/aromatic N) is 4. The topological polar surface area (TPSA) is 70.5 Å². The van der Waals surface area contributed by atoms with Crippen molar-refractivity contribution in [3.63, 3.8) is 0 Å². The molecule has 0 bridgehead atoms. The second-order valence-electron chi connectivity index (χ2n) is 6.64. The fourth-order valence-electron chi connectivity index (χ4n) is 3.62. The Morgan fingerprint density at radius 2 is 2.08 bits per heavy atom. The van der Waals surface area contributed by atoms with Gasteiger partial charge in [-0.05, 0) is 39.3 Å². The number of rotatable bonds is 6. The zero-order valence-electron chi connectivity index (χ0n) is 14.6. The van der Waals surface area contributed by atoms with E-state index in [1.165, 1.54) is 12.8 Å². The molecule has 0 aromatic carbocycles. The molecule has 7 nitrogen and oxygen atoms in total. The summed E-state index contributed by atoms with van der Waals surface area (Å²) in [4.78, 5) is 29.1. The highest BCUT2D eigenvalue weighted by Crippen LogP contribution is 2.25. The number of nitrogens with one attached hydrogen (secondary N) is 1. The number of hydrogen-bond donors (Lipinski definition) is 1. The Hall–Kier alpha value is -1.89. The minimum Gasteiger partial charge on any atom is -0.353 e. The fraction of sp³-hybridized carbons (Fsp3) is 0.706. The van der Waals surface area contributed by atoms with Crippen molar-refractivity contribution in [3.05, 3.63) is 11.8 Å². The Morgan fingerprint density at radius 3 is 2.79 bits per heavy atom. The third-order valence-electron chi connectivity index (χ3n) is 4.86. The van der Waals surface area contributed by atoms with Crippen LogP contribution in [0.15, 0.2) is 6.07 Å². The third kappa shape index (κ3) is 3.45.